The van der Waals surface area contributed by atoms with E-state index in [0.717, 1.165) is 66.8 Å². The molecule has 1 aromatic heterocycles. The van der Waals surface area contributed by atoms with E-state index in [1.807, 2.05) is 60.7 Å². The molecule has 1 aliphatic carbocycles. The summed E-state index contributed by atoms with van der Waals surface area (Å²) < 4.78 is 10.7. The van der Waals surface area contributed by atoms with Crippen LogP contribution >= 0.6 is 47.8 Å². The second kappa shape index (κ2) is 12.0. The largest absolute Gasteiger partial charge is 0.488 e. The van der Waals surface area contributed by atoms with Crippen LogP contribution in [-0.4, -0.2) is 15.9 Å². The number of benzene rings is 4. The van der Waals surface area contributed by atoms with Crippen molar-refractivity contribution in [2.45, 2.75) is 44.6 Å². The summed E-state index contributed by atoms with van der Waals surface area (Å²) in [6.07, 6.45) is 7.26. The van der Waals surface area contributed by atoms with Gasteiger partial charge in [-0.15, -0.1) is 0 Å². The van der Waals surface area contributed by atoms with Gasteiger partial charge in [0, 0.05) is 30.5 Å². The lowest BCUT2D eigenvalue weighted by Crippen LogP contribution is -2.25. The molecule has 0 bridgehead atoms. The molecule has 1 fully saturated rings. The maximum atomic E-state index is 13.8. The molecule has 1 aliphatic rings. The van der Waals surface area contributed by atoms with Gasteiger partial charge in [-0.05, 0) is 60.0 Å². The van der Waals surface area contributed by atoms with Crippen LogP contribution in [0.25, 0.3) is 21.7 Å². The van der Waals surface area contributed by atoms with Crippen LogP contribution in [-0.2, 0) is 6.61 Å². The smallest absolute Gasteiger partial charge is 0.282 e. The monoisotopic (exact) mass is 721 g/mol. The summed E-state index contributed by atoms with van der Waals surface area (Å²) in [5.41, 5.74) is 2.39. The Bertz CT molecular complexity index is 1810. The van der Waals surface area contributed by atoms with Crippen LogP contribution in [0.1, 0.15) is 55.0 Å². The number of hydrogen-bond acceptors (Lipinski definition) is 4. The molecule has 0 unspecified atom stereocenters. The van der Waals surface area contributed by atoms with Gasteiger partial charge >= 0.3 is 0 Å². The van der Waals surface area contributed by atoms with Gasteiger partial charge in [-0.3, -0.25) is 4.79 Å². The molecule has 0 spiro atoms. The molecule has 0 amide bonds. The number of ether oxygens (including phenoxy) is 1. The lowest BCUT2D eigenvalue weighted by Gasteiger charge is -2.23. The van der Waals surface area contributed by atoms with E-state index in [2.05, 4.69) is 59.9 Å². The third-order valence-electron chi connectivity index (χ3n) is 7.43. The molecule has 4 aromatic carbocycles. The van der Waals surface area contributed by atoms with Crippen molar-refractivity contribution in [3.8, 4) is 5.75 Å². The minimum Gasteiger partial charge on any atom is -0.488 e. The van der Waals surface area contributed by atoms with Crippen LogP contribution in [0, 0.1) is 0 Å². The lowest BCUT2D eigenvalue weighted by molar-refractivity contribution is 0.305. The molecule has 0 saturated heterocycles. The van der Waals surface area contributed by atoms with Crippen LogP contribution in [0.5, 0.6) is 5.75 Å². The SMILES string of the molecule is O=c1c2cc(Br)ccc2nc(C2CCCCC2)n1N=Cc1c(OCc2ccc(Br)cc2Br)ccc2ccccc12. The summed E-state index contributed by atoms with van der Waals surface area (Å²) in [5.74, 6) is 1.63. The standard InChI is InChI=1S/C32H26Br3N3O2/c33-23-13-14-29-26(16-23)32(39)38(31(37-29)21-7-2-1-3-8-21)36-18-27-25-9-5-4-6-20(25)11-15-30(27)40-19-22-10-12-24(34)17-28(22)35/h4-6,9-18,21H,1-3,7-8,19H2. The van der Waals surface area contributed by atoms with Crippen molar-refractivity contribution in [3.05, 3.63) is 114 Å². The molecule has 8 heteroatoms. The van der Waals surface area contributed by atoms with Crippen LogP contribution < -0.4 is 10.3 Å². The molecule has 6 rings (SSSR count). The fourth-order valence-corrected chi connectivity index (χ4v) is 6.87. The topological polar surface area (TPSA) is 56.5 Å². The highest BCUT2D eigenvalue weighted by Crippen LogP contribution is 2.33. The van der Waals surface area contributed by atoms with Crippen molar-refractivity contribution < 1.29 is 4.74 Å². The van der Waals surface area contributed by atoms with Gasteiger partial charge in [0.05, 0.1) is 17.1 Å². The number of nitrogens with zero attached hydrogens (tertiary/aromatic N) is 3. The second-order valence-electron chi connectivity index (χ2n) is 10.1. The summed E-state index contributed by atoms with van der Waals surface area (Å²) in [4.78, 5) is 18.8. The number of hydrogen-bond donors (Lipinski definition) is 0. The van der Waals surface area contributed by atoms with Crippen molar-refractivity contribution in [3.63, 3.8) is 0 Å². The maximum absolute atomic E-state index is 13.8. The van der Waals surface area contributed by atoms with Crippen molar-refractivity contribution in [1.82, 2.24) is 9.66 Å². The van der Waals surface area contributed by atoms with E-state index >= 15 is 0 Å². The van der Waals surface area contributed by atoms with E-state index in [4.69, 9.17) is 14.8 Å². The molecule has 5 aromatic rings. The van der Waals surface area contributed by atoms with Crippen LogP contribution in [0.4, 0.5) is 0 Å². The highest BCUT2D eigenvalue weighted by atomic mass is 79.9. The van der Waals surface area contributed by atoms with Crippen molar-refractivity contribution in [1.29, 1.82) is 0 Å². The molecule has 0 N–H and O–H groups in total. The fraction of sp³-hybridized carbons (Fsp3) is 0.219. The number of rotatable bonds is 6. The van der Waals surface area contributed by atoms with E-state index in [9.17, 15) is 4.79 Å². The number of aromatic nitrogens is 2. The van der Waals surface area contributed by atoms with E-state index in [0.29, 0.717) is 23.3 Å². The van der Waals surface area contributed by atoms with Gasteiger partial charge in [-0.25, -0.2) is 4.98 Å². The predicted molar refractivity (Wildman–Crippen MR) is 173 cm³/mol. The Morgan fingerprint density at radius 1 is 0.900 bits per heavy atom. The Labute approximate surface area is 257 Å². The van der Waals surface area contributed by atoms with E-state index < -0.39 is 0 Å². The Morgan fingerprint density at radius 3 is 2.50 bits per heavy atom. The molecule has 0 radical (unpaired) electrons. The minimum absolute atomic E-state index is 0.162. The first-order valence-corrected chi connectivity index (χ1v) is 15.7. The molecule has 202 valence electrons. The first kappa shape index (κ1) is 27.4. The molecular formula is C32H26Br3N3O2. The Morgan fingerprint density at radius 2 is 1.68 bits per heavy atom. The molecular weight excluding hydrogens is 698 g/mol. The minimum atomic E-state index is -0.162. The third-order valence-corrected chi connectivity index (χ3v) is 9.16. The molecule has 1 saturated carbocycles. The highest BCUT2D eigenvalue weighted by molar-refractivity contribution is 9.11. The number of halogens is 3. The average molecular weight is 724 g/mol. The first-order chi connectivity index (χ1) is 19.5. The van der Waals surface area contributed by atoms with Gasteiger partial charge in [0.2, 0.25) is 0 Å². The van der Waals surface area contributed by atoms with Crippen molar-refractivity contribution in [2.24, 2.45) is 5.10 Å². The van der Waals surface area contributed by atoms with Gasteiger partial charge in [0.25, 0.3) is 5.56 Å². The van der Waals surface area contributed by atoms with Gasteiger partial charge in [0.15, 0.2) is 0 Å². The zero-order chi connectivity index (χ0) is 27.6. The summed E-state index contributed by atoms with van der Waals surface area (Å²) in [5, 5.41) is 7.45. The molecule has 1 heterocycles. The second-order valence-corrected chi connectivity index (χ2v) is 12.7. The first-order valence-electron chi connectivity index (χ1n) is 13.3. The summed E-state index contributed by atoms with van der Waals surface area (Å²) in [6.45, 7) is 0.381. The molecule has 0 aliphatic heterocycles. The Hall–Kier alpha value is -2.81. The molecule has 40 heavy (non-hydrogen) atoms. The average Bonchev–Trinajstić information content (AvgIpc) is 2.97. The van der Waals surface area contributed by atoms with Gasteiger partial charge < -0.3 is 4.74 Å². The Kier molecular flexibility index (Phi) is 8.19. The third kappa shape index (κ3) is 5.67. The van der Waals surface area contributed by atoms with Gasteiger partial charge in [-0.1, -0.05) is 103 Å². The van der Waals surface area contributed by atoms with Crippen LogP contribution in [0.2, 0.25) is 0 Å². The van der Waals surface area contributed by atoms with Crippen molar-refractivity contribution in [2.75, 3.05) is 0 Å². The summed E-state index contributed by atoms with van der Waals surface area (Å²) in [6, 6.07) is 23.8. The van der Waals surface area contributed by atoms with E-state index in [1.165, 1.54) is 11.1 Å². The molecule has 0 atom stereocenters. The van der Waals surface area contributed by atoms with Crippen molar-refractivity contribution >= 4 is 75.7 Å². The number of fused-ring (bicyclic) bond motifs is 2. The van der Waals surface area contributed by atoms with Gasteiger partial charge in [-0.2, -0.15) is 9.78 Å². The van der Waals surface area contributed by atoms with E-state index in [-0.39, 0.29) is 11.5 Å². The predicted octanol–water partition coefficient (Wildman–Crippen LogP) is 9.35. The van der Waals surface area contributed by atoms with E-state index in [1.54, 1.807) is 6.21 Å². The zero-order valence-corrected chi connectivity index (χ0v) is 26.4. The highest BCUT2D eigenvalue weighted by Gasteiger charge is 2.23. The fourth-order valence-electron chi connectivity index (χ4n) is 5.35. The Balaban J connectivity index is 1.46. The van der Waals surface area contributed by atoms with Crippen LogP contribution in [0.3, 0.4) is 0 Å². The maximum Gasteiger partial charge on any atom is 0.282 e. The lowest BCUT2D eigenvalue weighted by atomic mass is 9.88. The normalized spacial score (nSPS) is 14.4. The quantitative estimate of drug-likeness (QED) is 0.164. The summed E-state index contributed by atoms with van der Waals surface area (Å²) >= 11 is 10.7. The van der Waals surface area contributed by atoms with Crippen LogP contribution in [0.15, 0.2) is 96.1 Å². The van der Waals surface area contributed by atoms with Gasteiger partial charge in [0.1, 0.15) is 18.2 Å². The summed E-state index contributed by atoms with van der Waals surface area (Å²) in [7, 11) is 0. The molecule has 5 nitrogen and oxygen atoms in total. The zero-order valence-electron chi connectivity index (χ0n) is 21.6.